The van der Waals surface area contributed by atoms with E-state index in [1.54, 1.807) is 20.0 Å². The highest BCUT2D eigenvalue weighted by atomic mass is 32.2. The van der Waals surface area contributed by atoms with Gasteiger partial charge in [-0.05, 0) is 13.8 Å². The van der Waals surface area contributed by atoms with Crippen molar-refractivity contribution >= 4 is 10.0 Å². The van der Waals surface area contributed by atoms with E-state index in [0.717, 1.165) is 11.3 Å². The number of sulfonamides is 1. The minimum Gasteiger partial charge on any atom is -0.360 e. The molecule has 0 unspecified atom stereocenters. The molecule has 8 heteroatoms. The van der Waals surface area contributed by atoms with E-state index in [0.29, 0.717) is 11.5 Å². The number of hydrogen-bond acceptors (Lipinski definition) is 6. The molecule has 0 bridgehead atoms. The number of rotatable bonds is 2. The molecule has 0 spiro atoms. The third-order valence-electron chi connectivity index (χ3n) is 3.12. The zero-order valence-corrected chi connectivity index (χ0v) is 11.3. The quantitative estimate of drug-likeness (QED) is 0.807. The number of hydrogen-bond donors (Lipinski definition) is 0. The van der Waals surface area contributed by atoms with Crippen molar-refractivity contribution in [3.05, 3.63) is 35.2 Å². The molecule has 2 aromatic heterocycles. The predicted molar refractivity (Wildman–Crippen MR) is 64.4 cm³/mol. The molecule has 0 aliphatic carbocycles. The maximum absolute atomic E-state index is 12.6. The van der Waals surface area contributed by atoms with E-state index in [4.69, 9.17) is 4.52 Å². The Labute approximate surface area is 110 Å². The Bertz CT molecular complexity index is 694. The maximum Gasteiger partial charge on any atom is 0.249 e. The van der Waals surface area contributed by atoms with Crippen molar-refractivity contribution in [3.8, 4) is 0 Å². The summed E-state index contributed by atoms with van der Waals surface area (Å²) in [6, 6.07) is 0. The van der Waals surface area contributed by atoms with Gasteiger partial charge in [-0.3, -0.25) is 0 Å². The van der Waals surface area contributed by atoms with Crippen molar-refractivity contribution in [1.82, 2.24) is 19.4 Å². The molecule has 1 aliphatic rings. The second-order valence-electron chi connectivity index (χ2n) is 4.42. The zero-order valence-electron chi connectivity index (χ0n) is 10.5. The lowest BCUT2D eigenvalue weighted by Gasteiger charge is -2.14. The van der Waals surface area contributed by atoms with E-state index in [1.807, 2.05) is 0 Å². The van der Waals surface area contributed by atoms with Gasteiger partial charge in [0.2, 0.25) is 10.0 Å². The lowest BCUT2D eigenvalue weighted by molar-refractivity contribution is 0.388. The van der Waals surface area contributed by atoms with Crippen LogP contribution >= 0.6 is 0 Å². The van der Waals surface area contributed by atoms with Crippen LogP contribution < -0.4 is 0 Å². The minimum atomic E-state index is -3.62. The fourth-order valence-electron chi connectivity index (χ4n) is 2.21. The molecule has 3 heterocycles. The van der Waals surface area contributed by atoms with Gasteiger partial charge in [-0.25, -0.2) is 18.4 Å². The van der Waals surface area contributed by atoms with Gasteiger partial charge in [0.05, 0.1) is 12.2 Å². The van der Waals surface area contributed by atoms with Crippen molar-refractivity contribution in [2.75, 3.05) is 0 Å². The molecule has 1 aliphatic heterocycles. The Morgan fingerprint density at radius 3 is 2.74 bits per heavy atom. The van der Waals surface area contributed by atoms with Crippen molar-refractivity contribution in [2.45, 2.75) is 31.8 Å². The van der Waals surface area contributed by atoms with E-state index in [-0.39, 0.29) is 18.0 Å². The van der Waals surface area contributed by atoms with Crippen LogP contribution in [0.1, 0.15) is 22.7 Å². The van der Waals surface area contributed by atoms with Gasteiger partial charge in [-0.15, -0.1) is 0 Å². The van der Waals surface area contributed by atoms with Crippen molar-refractivity contribution in [2.24, 2.45) is 0 Å². The molecule has 0 fully saturated rings. The molecule has 0 radical (unpaired) electrons. The fourth-order valence-corrected chi connectivity index (χ4v) is 3.88. The number of nitrogens with zero attached hydrogens (tertiary/aromatic N) is 4. The van der Waals surface area contributed by atoms with Crippen molar-refractivity contribution in [1.29, 1.82) is 0 Å². The molecular weight excluding hydrogens is 268 g/mol. The molecule has 100 valence electrons. The molecule has 0 saturated heterocycles. The third kappa shape index (κ3) is 1.83. The average Bonchev–Trinajstić information content (AvgIpc) is 2.93. The summed E-state index contributed by atoms with van der Waals surface area (Å²) in [6.07, 6.45) is 3.07. The van der Waals surface area contributed by atoms with E-state index >= 15 is 0 Å². The van der Waals surface area contributed by atoms with Crippen molar-refractivity contribution in [3.63, 3.8) is 0 Å². The monoisotopic (exact) mass is 280 g/mol. The van der Waals surface area contributed by atoms with Crippen LogP contribution in [0.3, 0.4) is 0 Å². The normalized spacial score (nSPS) is 15.7. The largest absolute Gasteiger partial charge is 0.360 e. The summed E-state index contributed by atoms with van der Waals surface area (Å²) in [5.74, 6) is 0.305. The van der Waals surface area contributed by atoms with Gasteiger partial charge in [-0.2, -0.15) is 4.31 Å². The highest BCUT2D eigenvalue weighted by Crippen LogP contribution is 2.29. The predicted octanol–water partition coefficient (Wildman–Crippen LogP) is 0.786. The smallest absolute Gasteiger partial charge is 0.249 e. The Hall–Kier alpha value is -1.80. The first-order valence-corrected chi connectivity index (χ1v) is 7.15. The Morgan fingerprint density at radius 2 is 2.11 bits per heavy atom. The van der Waals surface area contributed by atoms with Crippen LogP contribution in [0.15, 0.2) is 21.9 Å². The molecular formula is C11H12N4O3S. The topological polar surface area (TPSA) is 89.2 Å². The molecule has 3 rings (SSSR count). The lowest BCUT2D eigenvalue weighted by Crippen LogP contribution is -2.26. The average molecular weight is 280 g/mol. The van der Waals surface area contributed by atoms with Gasteiger partial charge in [0, 0.05) is 18.3 Å². The van der Waals surface area contributed by atoms with E-state index < -0.39 is 10.0 Å². The Balaban J connectivity index is 2.01. The lowest BCUT2D eigenvalue weighted by atomic mass is 10.3. The van der Waals surface area contributed by atoms with Gasteiger partial charge in [-0.1, -0.05) is 5.16 Å². The van der Waals surface area contributed by atoms with Crippen LogP contribution in [0.25, 0.3) is 0 Å². The number of fused-ring (bicyclic) bond motifs is 1. The molecule has 0 saturated carbocycles. The fraction of sp³-hybridized carbons (Fsp3) is 0.364. The third-order valence-corrected chi connectivity index (χ3v) is 5.16. The highest BCUT2D eigenvalue weighted by molar-refractivity contribution is 7.89. The highest BCUT2D eigenvalue weighted by Gasteiger charge is 2.35. The van der Waals surface area contributed by atoms with Crippen molar-refractivity contribution < 1.29 is 12.9 Å². The van der Waals surface area contributed by atoms with Gasteiger partial charge in [0.15, 0.2) is 5.76 Å². The summed E-state index contributed by atoms with van der Waals surface area (Å²) in [4.78, 5) is 8.15. The second-order valence-corrected chi connectivity index (χ2v) is 6.30. The summed E-state index contributed by atoms with van der Waals surface area (Å²) in [7, 11) is -3.62. The molecule has 0 aromatic carbocycles. The SMILES string of the molecule is Cc1noc(C)c1S(=O)(=O)N1Cc2cncnc2C1. The molecule has 7 nitrogen and oxygen atoms in total. The molecule has 0 amide bonds. The Morgan fingerprint density at radius 1 is 1.32 bits per heavy atom. The van der Waals surface area contributed by atoms with Crippen LogP contribution in [0, 0.1) is 13.8 Å². The molecule has 0 atom stereocenters. The van der Waals surface area contributed by atoms with Gasteiger partial charge >= 0.3 is 0 Å². The van der Waals surface area contributed by atoms with Gasteiger partial charge in [0.1, 0.15) is 16.9 Å². The summed E-state index contributed by atoms with van der Waals surface area (Å²) >= 11 is 0. The Kier molecular flexibility index (Phi) is 2.64. The molecule has 0 N–H and O–H groups in total. The molecule has 2 aromatic rings. The number of aryl methyl sites for hydroxylation is 2. The van der Waals surface area contributed by atoms with E-state index in [2.05, 4.69) is 15.1 Å². The summed E-state index contributed by atoms with van der Waals surface area (Å²) in [6.45, 7) is 3.75. The van der Waals surface area contributed by atoms with Crippen LogP contribution in [-0.4, -0.2) is 27.8 Å². The first-order chi connectivity index (χ1) is 9.00. The number of aromatic nitrogens is 3. The van der Waals surface area contributed by atoms with E-state index in [9.17, 15) is 8.42 Å². The van der Waals surface area contributed by atoms with Crippen LogP contribution in [-0.2, 0) is 23.1 Å². The summed E-state index contributed by atoms with van der Waals surface area (Å²) in [5, 5.41) is 3.69. The van der Waals surface area contributed by atoms with Crippen LogP contribution in [0.2, 0.25) is 0 Å². The molecule has 19 heavy (non-hydrogen) atoms. The maximum atomic E-state index is 12.6. The van der Waals surface area contributed by atoms with Crippen LogP contribution in [0.4, 0.5) is 0 Å². The first kappa shape index (κ1) is 12.2. The van der Waals surface area contributed by atoms with Gasteiger partial charge in [0.25, 0.3) is 0 Å². The van der Waals surface area contributed by atoms with E-state index in [1.165, 1.54) is 10.6 Å². The first-order valence-electron chi connectivity index (χ1n) is 5.71. The second kappa shape index (κ2) is 4.10. The summed E-state index contributed by atoms with van der Waals surface area (Å²) < 4.78 is 31.5. The standard InChI is InChI=1S/C11H12N4O3S/c1-7-11(8(2)18-14-7)19(16,17)15-4-9-3-12-6-13-10(9)5-15/h3,6H,4-5H2,1-2H3. The van der Waals surface area contributed by atoms with Gasteiger partial charge < -0.3 is 4.52 Å². The minimum absolute atomic E-state index is 0.147. The summed E-state index contributed by atoms with van der Waals surface area (Å²) in [5.41, 5.74) is 1.95. The zero-order chi connectivity index (χ0) is 13.6. The van der Waals surface area contributed by atoms with Crippen LogP contribution in [0.5, 0.6) is 0 Å².